The molecule has 27 heavy (non-hydrogen) atoms. The Morgan fingerprint density at radius 2 is 1.59 bits per heavy atom. The molecule has 0 radical (unpaired) electrons. The number of rotatable bonds is 4. The third kappa shape index (κ3) is 4.81. The van der Waals surface area contributed by atoms with E-state index in [-0.39, 0.29) is 5.56 Å². The van der Waals surface area contributed by atoms with Gasteiger partial charge in [0.2, 0.25) is 5.88 Å². The van der Waals surface area contributed by atoms with Crippen LogP contribution in [0.15, 0.2) is 60.7 Å². The molecule has 0 aliphatic heterocycles. The van der Waals surface area contributed by atoms with Gasteiger partial charge in [0.25, 0.3) is 5.91 Å². The quantitative estimate of drug-likeness (QED) is 0.710. The van der Waals surface area contributed by atoms with Crippen molar-refractivity contribution in [3.8, 4) is 11.6 Å². The first kappa shape index (κ1) is 18.4. The number of anilines is 1. The molecule has 0 spiro atoms. The van der Waals surface area contributed by atoms with E-state index < -0.39 is 17.6 Å². The van der Waals surface area contributed by atoms with Crippen molar-refractivity contribution in [2.24, 2.45) is 0 Å². The molecule has 0 aliphatic rings. The molecular formula is C19H14F3N3O2. The van der Waals surface area contributed by atoms with Crippen molar-refractivity contribution < 1.29 is 22.7 Å². The van der Waals surface area contributed by atoms with Crippen molar-refractivity contribution in [3.05, 3.63) is 77.5 Å². The van der Waals surface area contributed by atoms with Crippen LogP contribution in [-0.2, 0) is 6.18 Å². The monoisotopic (exact) mass is 373 g/mol. The Kier molecular flexibility index (Phi) is 5.07. The summed E-state index contributed by atoms with van der Waals surface area (Å²) in [6.07, 6.45) is -4.44. The number of ether oxygens (including phenoxy) is 1. The van der Waals surface area contributed by atoms with E-state index in [1.807, 2.05) is 6.92 Å². The first-order chi connectivity index (χ1) is 12.8. The summed E-state index contributed by atoms with van der Waals surface area (Å²) in [5.41, 5.74) is 0.559. The summed E-state index contributed by atoms with van der Waals surface area (Å²) >= 11 is 0. The van der Waals surface area contributed by atoms with Crippen molar-refractivity contribution in [2.45, 2.75) is 13.1 Å². The van der Waals surface area contributed by atoms with Crippen LogP contribution in [-0.4, -0.2) is 16.1 Å². The first-order valence-corrected chi connectivity index (χ1v) is 7.88. The zero-order valence-electron chi connectivity index (χ0n) is 14.1. The number of aryl methyl sites for hydroxylation is 1. The van der Waals surface area contributed by atoms with E-state index in [0.29, 0.717) is 17.3 Å². The second-order valence-corrected chi connectivity index (χ2v) is 5.67. The van der Waals surface area contributed by atoms with Gasteiger partial charge in [0.1, 0.15) is 5.75 Å². The average molecular weight is 373 g/mol. The fourth-order valence-electron chi connectivity index (χ4n) is 2.18. The molecule has 0 unspecified atom stereocenters. The molecule has 0 aliphatic carbocycles. The fraction of sp³-hybridized carbons (Fsp3) is 0.105. The number of hydrogen-bond donors (Lipinski definition) is 1. The summed E-state index contributed by atoms with van der Waals surface area (Å²) in [6, 6.07) is 13.9. The molecule has 1 amide bonds. The van der Waals surface area contributed by atoms with Gasteiger partial charge in [-0.2, -0.15) is 18.3 Å². The molecule has 0 saturated heterocycles. The van der Waals surface area contributed by atoms with E-state index in [1.165, 1.54) is 0 Å². The number of alkyl halides is 3. The number of aromatic nitrogens is 2. The van der Waals surface area contributed by atoms with Gasteiger partial charge < -0.3 is 10.1 Å². The minimum atomic E-state index is -4.44. The van der Waals surface area contributed by atoms with Crippen LogP contribution in [0.1, 0.15) is 21.6 Å². The maximum Gasteiger partial charge on any atom is 0.416 e. The smallest absolute Gasteiger partial charge is 0.416 e. The summed E-state index contributed by atoms with van der Waals surface area (Å²) in [5.74, 6) is 0.324. The lowest BCUT2D eigenvalue weighted by molar-refractivity contribution is -0.137. The lowest BCUT2D eigenvalue weighted by Gasteiger charge is -2.09. The largest absolute Gasteiger partial charge is 0.438 e. The van der Waals surface area contributed by atoms with Crippen molar-refractivity contribution in [2.75, 3.05) is 5.32 Å². The highest BCUT2D eigenvalue weighted by molar-refractivity contribution is 6.04. The predicted molar refractivity (Wildman–Crippen MR) is 92.7 cm³/mol. The van der Waals surface area contributed by atoms with Crippen LogP contribution in [0.25, 0.3) is 0 Å². The number of carbonyl (C=O) groups excluding carboxylic acids is 1. The molecule has 1 heterocycles. The van der Waals surface area contributed by atoms with Gasteiger partial charge in [-0.05, 0) is 61.5 Å². The lowest BCUT2D eigenvalue weighted by atomic mass is 10.1. The third-order valence-corrected chi connectivity index (χ3v) is 3.58. The van der Waals surface area contributed by atoms with Gasteiger partial charge in [-0.15, -0.1) is 5.10 Å². The standard InChI is InChI=1S/C19H14F3N3O2/c1-12-2-11-17(25-24-12)27-16-9-7-15(8-10-16)23-18(26)13-3-5-14(6-4-13)19(20,21)22/h2-11H,1H3,(H,23,26). The second-order valence-electron chi connectivity index (χ2n) is 5.67. The molecule has 8 heteroatoms. The number of carbonyl (C=O) groups is 1. The SMILES string of the molecule is Cc1ccc(Oc2ccc(NC(=O)c3ccc(C(F)(F)F)cc3)cc2)nn1. The predicted octanol–water partition coefficient (Wildman–Crippen LogP) is 4.85. The highest BCUT2D eigenvalue weighted by Gasteiger charge is 2.30. The van der Waals surface area contributed by atoms with E-state index in [1.54, 1.807) is 36.4 Å². The highest BCUT2D eigenvalue weighted by atomic mass is 19.4. The van der Waals surface area contributed by atoms with Gasteiger partial charge in [-0.25, -0.2) is 0 Å². The van der Waals surface area contributed by atoms with Gasteiger partial charge >= 0.3 is 6.18 Å². The maximum absolute atomic E-state index is 12.6. The third-order valence-electron chi connectivity index (χ3n) is 3.58. The Morgan fingerprint density at radius 1 is 0.926 bits per heavy atom. The zero-order valence-corrected chi connectivity index (χ0v) is 14.1. The Bertz CT molecular complexity index is 922. The first-order valence-electron chi connectivity index (χ1n) is 7.88. The number of halogens is 3. The normalized spacial score (nSPS) is 11.1. The number of nitrogens with zero attached hydrogens (tertiary/aromatic N) is 2. The lowest BCUT2D eigenvalue weighted by Crippen LogP contribution is -2.12. The molecule has 2 aromatic carbocycles. The van der Waals surface area contributed by atoms with Crippen molar-refractivity contribution in [3.63, 3.8) is 0 Å². The second kappa shape index (κ2) is 7.45. The van der Waals surface area contributed by atoms with E-state index in [4.69, 9.17) is 4.74 Å². The van der Waals surface area contributed by atoms with Gasteiger partial charge in [0, 0.05) is 17.3 Å². The molecule has 1 aromatic heterocycles. The van der Waals surface area contributed by atoms with Gasteiger partial charge in [0.15, 0.2) is 0 Å². The Balaban J connectivity index is 1.63. The molecule has 1 N–H and O–H groups in total. The van der Waals surface area contributed by atoms with Crippen LogP contribution in [0.3, 0.4) is 0 Å². The molecule has 5 nitrogen and oxygen atoms in total. The molecule has 3 aromatic rings. The summed E-state index contributed by atoms with van der Waals surface area (Å²) in [6.45, 7) is 1.81. The van der Waals surface area contributed by atoms with E-state index in [0.717, 1.165) is 30.0 Å². The Labute approximate surface area is 152 Å². The molecule has 0 atom stereocenters. The van der Waals surface area contributed by atoms with Crippen LogP contribution in [0, 0.1) is 6.92 Å². The maximum atomic E-state index is 12.6. The van der Waals surface area contributed by atoms with Crippen LogP contribution >= 0.6 is 0 Å². The van der Waals surface area contributed by atoms with E-state index in [9.17, 15) is 18.0 Å². The molecule has 3 rings (SSSR count). The molecule has 138 valence electrons. The van der Waals surface area contributed by atoms with Crippen molar-refractivity contribution in [1.29, 1.82) is 0 Å². The van der Waals surface area contributed by atoms with Crippen LogP contribution in [0.4, 0.5) is 18.9 Å². The zero-order chi connectivity index (χ0) is 19.4. The van der Waals surface area contributed by atoms with Crippen molar-refractivity contribution in [1.82, 2.24) is 10.2 Å². The summed E-state index contributed by atoms with van der Waals surface area (Å²) in [7, 11) is 0. The topological polar surface area (TPSA) is 64.1 Å². The number of nitrogens with one attached hydrogen (secondary N) is 1. The fourth-order valence-corrected chi connectivity index (χ4v) is 2.18. The number of amides is 1. The Morgan fingerprint density at radius 3 is 2.15 bits per heavy atom. The summed E-state index contributed by atoms with van der Waals surface area (Å²) in [5, 5.41) is 10.4. The minimum absolute atomic E-state index is 0.123. The molecule has 0 saturated carbocycles. The van der Waals surface area contributed by atoms with Crippen LogP contribution in [0.5, 0.6) is 11.6 Å². The van der Waals surface area contributed by atoms with Crippen molar-refractivity contribution >= 4 is 11.6 Å². The van der Waals surface area contributed by atoms with E-state index in [2.05, 4.69) is 15.5 Å². The summed E-state index contributed by atoms with van der Waals surface area (Å²) < 4.78 is 43.2. The highest BCUT2D eigenvalue weighted by Crippen LogP contribution is 2.29. The van der Waals surface area contributed by atoms with Gasteiger partial charge in [-0.3, -0.25) is 4.79 Å². The average Bonchev–Trinajstić information content (AvgIpc) is 2.64. The minimum Gasteiger partial charge on any atom is -0.438 e. The molecule has 0 fully saturated rings. The molecular weight excluding hydrogens is 359 g/mol. The van der Waals surface area contributed by atoms with Gasteiger partial charge in [0.05, 0.1) is 11.3 Å². The van der Waals surface area contributed by atoms with E-state index >= 15 is 0 Å². The molecule has 0 bridgehead atoms. The summed E-state index contributed by atoms with van der Waals surface area (Å²) in [4.78, 5) is 12.1. The number of hydrogen-bond acceptors (Lipinski definition) is 4. The van der Waals surface area contributed by atoms with Crippen LogP contribution in [0.2, 0.25) is 0 Å². The van der Waals surface area contributed by atoms with Gasteiger partial charge in [-0.1, -0.05) is 0 Å². The number of benzene rings is 2. The Hall–Kier alpha value is -3.42. The van der Waals surface area contributed by atoms with Crippen LogP contribution < -0.4 is 10.1 Å².